The van der Waals surface area contributed by atoms with E-state index in [1.807, 2.05) is 39.8 Å². The molecule has 0 saturated carbocycles. The summed E-state index contributed by atoms with van der Waals surface area (Å²) >= 11 is 13.6. The number of carboxylic acid groups (broad SMARTS) is 1. The summed E-state index contributed by atoms with van der Waals surface area (Å²) < 4.78 is 6.02. The van der Waals surface area contributed by atoms with Gasteiger partial charge in [-0.1, -0.05) is 50.0 Å². The number of thioether (sulfide) groups is 1. The van der Waals surface area contributed by atoms with Crippen molar-refractivity contribution in [3.05, 3.63) is 69.0 Å². The van der Waals surface area contributed by atoms with Crippen molar-refractivity contribution < 1.29 is 19.1 Å². The molecule has 0 fully saturated rings. The van der Waals surface area contributed by atoms with E-state index in [1.54, 1.807) is 24.3 Å². The van der Waals surface area contributed by atoms with Crippen LogP contribution in [-0.2, 0) is 11.2 Å². The van der Waals surface area contributed by atoms with Crippen molar-refractivity contribution in [2.24, 2.45) is 0 Å². The molecule has 0 spiro atoms. The molecule has 34 heavy (non-hydrogen) atoms. The molecule has 5 nitrogen and oxygen atoms in total. The second-order valence-electron chi connectivity index (χ2n) is 8.37. The van der Waals surface area contributed by atoms with E-state index in [0.29, 0.717) is 39.9 Å². The van der Waals surface area contributed by atoms with Gasteiger partial charge >= 0.3 is 5.97 Å². The van der Waals surface area contributed by atoms with Gasteiger partial charge in [-0.2, -0.15) is 0 Å². The predicted molar refractivity (Wildman–Crippen MR) is 137 cm³/mol. The monoisotopic (exact) mass is 519 g/mol. The van der Waals surface area contributed by atoms with Crippen LogP contribution >= 0.6 is 35.0 Å². The Hall–Kier alpha value is -2.28. The number of hydrogen-bond acceptors (Lipinski definition) is 5. The Kier molecular flexibility index (Phi) is 8.85. The van der Waals surface area contributed by atoms with Gasteiger partial charge in [-0.25, -0.2) is 4.98 Å². The number of benzene rings is 2. The lowest BCUT2D eigenvalue weighted by molar-refractivity contribution is -0.136. The van der Waals surface area contributed by atoms with Crippen LogP contribution in [0.2, 0.25) is 10.0 Å². The van der Waals surface area contributed by atoms with Crippen LogP contribution in [0.4, 0.5) is 0 Å². The van der Waals surface area contributed by atoms with E-state index in [1.165, 1.54) is 11.8 Å². The number of aromatic nitrogens is 1. The molecule has 0 saturated heterocycles. The first-order valence-electron chi connectivity index (χ1n) is 11.1. The number of aryl methyl sites for hydroxylation is 2. The average molecular weight is 520 g/mol. The van der Waals surface area contributed by atoms with Crippen molar-refractivity contribution in [1.29, 1.82) is 0 Å². The zero-order chi connectivity index (χ0) is 25.0. The van der Waals surface area contributed by atoms with E-state index < -0.39 is 11.2 Å². The number of nitrogens with zero attached hydrogens (tertiary/aromatic N) is 1. The molecule has 2 aromatic carbocycles. The van der Waals surface area contributed by atoms with E-state index in [2.05, 4.69) is 4.98 Å². The summed E-state index contributed by atoms with van der Waals surface area (Å²) in [7, 11) is 0. The number of ketones is 1. The van der Waals surface area contributed by atoms with Crippen molar-refractivity contribution in [3.8, 4) is 11.5 Å². The van der Waals surface area contributed by atoms with Crippen molar-refractivity contribution in [2.75, 3.05) is 0 Å². The first-order chi connectivity index (χ1) is 16.1. The molecule has 1 N–H and O–H groups in total. The number of hydrogen-bond donors (Lipinski definition) is 1. The summed E-state index contributed by atoms with van der Waals surface area (Å²) in [6.45, 7) is 7.77. The fraction of sp³-hybridized carbons (Fsp3) is 0.346. The van der Waals surface area contributed by atoms with E-state index in [-0.39, 0.29) is 18.1 Å². The molecule has 0 amide bonds. The Morgan fingerprint density at radius 3 is 2.47 bits per heavy atom. The molecule has 8 heteroatoms. The summed E-state index contributed by atoms with van der Waals surface area (Å²) in [5.41, 5.74) is 2.88. The average Bonchev–Trinajstić information content (AvgIpc) is 3.20. The summed E-state index contributed by atoms with van der Waals surface area (Å²) in [6, 6.07) is 10.6. The number of oxazole rings is 1. The highest BCUT2D eigenvalue weighted by Gasteiger charge is 2.21. The van der Waals surface area contributed by atoms with Crippen molar-refractivity contribution in [1.82, 2.24) is 4.98 Å². The summed E-state index contributed by atoms with van der Waals surface area (Å²) in [5.74, 6) is 0.398. The molecule has 0 radical (unpaired) electrons. The third-order valence-electron chi connectivity index (χ3n) is 5.41. The highest BCUT2D eigenvalue weighted by atomic mass is 35.5. The molecule has 1 atom stereocenters. The van der Waals surface area contributed by atoms with Crippen LogP contribution in [0.25, 0.3) is 11.5 Å². The number of carbonyl (C=O) groups excluding carboxylic acids is 1. The molecule has 0 aliphatic rings. The first kappa shape index (κ1) is 26.3. The maximum absolute atomic E-state index is 12.9. The molecule has 3 rings (SSSR count). The first-order valence-corrected chi connectivity index (χ1v) is 12.7. The standard InChI is InChI=1S/C26H27Cl2NO4S/c1-5-22(26(31)32)34-23-11-6-16(12-15(23)4)21(30)10-9-20-24(14(2)3)33-25(29-20)18-8-7-17(27)13-19(18)28/h6-8,11-14,22H,5,9-10H2,1-4H3,(H,31,32). The predicted octanol–water partition coefficient (Wildman–Crippen LogP) is 7.85. The van der Waals surface area contributed by atoms with E-state index >= 15 is 0 Å². The van der Waals surface area contributed by atoms with Gasteiger partial charge in [0, 0.05) is 34.2 Å². The zero-order valence-corrected chi connectivity index (χ0v) is 21.9. The molecule has 1 aromatic heterocycles. The lowest BCUT2D eigenvalue weighted by atomic mass is 10.0. The summed E-state index contributed by atoms with van der Waals surface area (Å²) in [4.78, 5) is 29.8. The van der Waals surface area contributed by atoms with Gasteiger partial charge in [0.15, 0.2) is 5.78 Å². The van der Waals surface area contributed by atoms with Gasteiger partial charge in [0.05, 0.1) is 16.3 Å². The van der Waals surface area contributed by atoms with Crippen LogP contribution in [-0.4, -0.2) is 27.1 Å². The molecule has 3 aromatic rings. The van der Waals surface area contributed by atoms with Gasteiger partial charge < -0.3 is 9.52 Å². The molecule has 0 aliphatic heterocycles. The van der Waals surface area contributed by atoms with Crippen molar-refractivity contribution in [2.45, 2.75) is 63.0 Å². The number of carboxylic acids is 1. The zero-order valence-electron chi connectivity index (χ0n) is 19.5. The second kappa shape index (κ2) is 11.4. The normalized spacial score (nSPS) is 12.2. The maximum atomic E-state index is 12.9. The van der Waals surface area contributed by atoms with E-state index in [4.69, 9.17) is 27.6 Å². The molecule has 0 aliphatic carbocycles. The van der Waals surface area contributed by atoms with Gasteiger partial charge in [-0.15, -0.1) is 11.8 Å². The molecule has 180 valence electrons. The van der Waals surface area contributed by atoms with Gasteiger partial charge in [0.2, 0.25) is 5.89 Å². The smallest absolute Gasteiger partial charge is 0.316 e. The quantitative estimate of drug-likeness (QED) is 0.217. The Morgan fingerprint density at radius 1 is 1.15 bits per heavy atom. The summed E-state index contributed by atoms with van der Waals surface area (Å²) in [6.07, 6.45) is 1.24. The van der Waals surface area contributed by atoms with Crippen LogP contribution in [0.5, 0.6) is 0 Å². The Morgan fingerprint density at radius 2 is 1.88 bits per heavy atom. The second-order valence-corrected chi connectivity index (χ2v) is 10.5. The largest absolute Gasteiger partial charge is 0.480 e. The minimum Gasteiger partial charge on any atom is -0.480 e. The van der Waals surface area contributed by atoms with Crippen LogP contribution in [0.15, 0.2) is 45.7 Å². The number of rotatable bonds is 10. The lowest BCUT2D eigenvalue weighted by Crippen LogP contribution is -2.15. The number of aliphatic carboxylic acids is 1. The molecular weight excluding hydrogens is 493 g/mol. The highest BCUT2D eigenvalue weighted by molar-refractivity contribution is 8.00. The van der Waals surface area contributed by atoms with Gasteiger partial charge in [0.25, 0.3) is 0 Å². The van der Waals surface area contributed by atoms with E-state index in [9.17, 15) is 14.7 Å². The summed E-state index contributed by atoms with van der Waals surface area (Å²) in [5, 5.41) is 9.78. The minimum absolute atomic E-state index is 0.00583. The van der Waals surface area contributed by atoms with Crippen molar-refractivity contribution >= 4 is 46.7 Å². The van der Waals surface area contributed by atoms with Gasteiger partial charge in [-0.3, -0.25) is 9.59 Å². The third kappa shape index (κ3) is 6.23. The van der Waals surface area contributed by atoms with Crippen LogP contribution < -0.4 is 0 Å². The van der Waals surface area contributed by atoms with Crippen LogP contribution in [0, 0.1) is 6.92 Å². The highest BCUT2D eigenvalue weighted by Crippen LogP contribution is 2.34. The van der Waals surface area contributed by atoms with Gasteiger partial charge in [0.1, 0.15) is 11.0 Å². The fourth-order valence-electron chi connectivity index (χ4n) is 3.56. The molecule has 1 heterocycles. The van der Waals surface area contributed by atoms with Crippen LogP contribution in [0.1, 0.15) is 66.9 Å². The Labute approximate surface area is 213 Å². The Bertz CT molecular complexity index is 1210. The number of carbonyl (C=O) groups is 2. The van der Waals surface area contributed by atoms with E-state index in [0.717, 1.165) is 21.9 Å². The van der Waals surface area contributed by atoms with Crippen molar-refractivity contribution in [3.63, 3.8) is 0 Å². The minimum atomic E-state index is -0.833. The third-order valence-corrected chi connectivity index (χ3v) is 7.49. The van der Waals surface area contributed by atoms with Crippen LogP contribution in [0.3, 0.4) is 0 Å². The SMILES string of the molecule is CCC(Sc1ccc(C(=O)CCc2nc(-c3ccc(Cl)cc3Cl)oc2C(C)C)cc1C)C(=O)O. The number of Topliss-reactive ketones (excluding diaryl/α,β-unsaturated/α-hetero) is 1. The topological polar surface area (TPSA) is 80.4 Å². The molecule has 1 unspecified atom stereocenters. The maximum Gasteiger partial charge on any atom is 0.316 e. The molecular formula is C26H27Cl2NO4S. The number of halogens is 2. The van der Waals surface area contributed by atoms with Gasteiger partial charge in [-0.05, 0) is 49.2 Å². The Balaban J connectivity index is 1.76. The lowest BCUT2D eigenvalue weighted by Gasteiger charge is -2.12. The molecule has 0 bridgehead atoms. The fourth-order valence-corrected chi connectivity index (χ4v) is 5.02.